The van der Waals surface area contributed by atoms with Gasteiger partial charge in [0.15, 0.2) is 0 Å². The van der Waals surface area contributed by atoms with E-state index in [0.29, 0.717) is 6.54 Å². The fourth-order valence-corrected chi connectivity index (χ4v) is 3.10. The molecule has 2 aromatic carbocycles. The van der Waals surface area contributed by atoms with Gasteiger partial charge in [0.1, 0.15) is 5.82 Å². The van der Waals surface area contributed by atoms with Crippen LogP contribution < -0.4 is 10.6 Å². The van der Waals surface area contributed by atoms with Crippen LogP contribution in [0.4, 0.5) is 5.82 Å². The number of rotatable bonds is 7. The SMILES string of the molecule is Cc1cccc(-c2cnc(NCCCNC=O)c3c(C)cccc23)c1. The molecule has 4 nitrogen and oxygen atoms in total. The van der Waals surface area contributed by atoms with Crippen LogP contribution in [0.5, 0.6) is 0 Å². The molecule has 25 heavy (non-hydrogen) atoms. The summed E-state index contributed by atoms with van der Waals surface area (Å²) in [5.74, 6) is 0.899. The van der Waals surface area contributed by atoms with Crippen molar-refractivity contribution in [3.8, 4) is 11.1 Å². The number of carbonyl (C=O) groups excluding carboxylic acids is 1. The molecule has 0 aliphatic carbocycles. The second kappa shape index (κ2) is 7.79. The van der Waals surface area contributed by atoms with Gasteiger partial charge in [-0.05, 0) is 36.8 Å². The van der Waals surface area contributed by atoms with Crippen molar-refractivity contribution < 1.29 is 4.79 Å². The van der Waals surface area contributed by atoms with Crippen molar-refractivity contribution in [1.82, 2.24) is 10.3 Å². The first-order valence-corrected chi connectivity index (χ1v) is 8.57. The number of nitrogens with one attached hydrogen (secondary N) is 2. The van der Waals surface area contributed by atoms with Gasteiger partial charge in [0.2, 0.25) is 6.41 Å². The van der Waals surface area contributed by atoms with E-state index in [1.54, 1.807) is 0 Å². The number of aryl methyl sites for hydroxylation is 2. The Labute approximate surface area is 148 Å². The van der Waals surface area contributed by atoms with Crippen LogP contribution in [0, 0.1) is 13.8 Å². The molecule has 0 saturated carbocycles. The summed E-state index contributed by atoms with van der Waals surface area (Å²) >= 11 is 0. The van der Waals surface area contributed by atoms with Crippen LogP contribution in [-0.2, 0) is 4.79 Å². The Morgan fingerprint density at radius 3 is 2.72 bits per heavy atom. The number of pyridine rings is 1. The zero-order valence-corrected chi connectivity index (χ0v) is 14.7. The number of anilines is 1. The van der Waals surface area contributed by atoms with Crippen LogP contribution in [0.25, 0.3) is 21.9 Å². The second-order valence-corrected chi connectivity index (χ2v) is 6.24. The maximum Gasteiger partial charge on any atom is 0.207 e. The van der Waals surface area contributed by atoms with Crippen LogP contribution in [0.3, 0.4) is 0 Å². The van der Waals surface area contributed by atoms with E-state index in [4.69, 9.17) is 4.98 Å². The first-order chi connectivity index (χ1) is 12.2. The van der Waals surface area contributed by atoms with Crippen molar-refractivity contribution in [2.45, 2.75) is 20.3 Å². The molecule has 2 N–H and O–H groups in total. The van der Waals surface area contributed by atoms with Gasteiger partial charge >= 0.3 is 0 Å². The average Bonchev–Trinajstić information content (AvgIpc) is 2.61. The van der Waals surface area contributed by atoms with E-state index < -0.39 is 0 Å². The minimum Gasteiger partial charge on any atom is -0.369 e. The number of amides is 1. The Kier molecular flexibility index (Phi) is 5.29. The molecule has 128 valence electrons. The zero-order chi connectivity index (χ0) is 17.6. The summed E-state index contributed by atoms with van der Waals surface area (Å²) in [7, 11) is 0. The lowest BCUT2D eigenvalue weighted by Gasteiger charge is -2.14. The van der Waals surface area contributed by atoms with Gasteiger partial charge in [0.05, 0.1) is 0 Å². The Morgan fingerprint density at radius 1 is 1.08 bits per heavy atom. The number of aromatic nitrogens is 1. The monoisotopic (exact) mass is 333 g/mol. The first kappa shape index (κ1) is 17.0. The molecule has 0 bridgehead atoms. The highest BCUT2D eigenvalue weighted by Crippen LogP contribution is 2.33. The number of benzene rings is 2. The number of carbonyl (C=O) groups is 1. The normalized spacial score (nSPS) is 10.6. The molecule has 0 spiro atoms. The third kappa shape index (κ3) is 3.79. The molecule has 0 saturated heterocycles. The van der Waals surface area contributed by atoms with Crippen molar-refractivity contribution in [3.05, 3.63) is 59.8 Å². The van der Waals surface area contributed by atoms with Gasteiger partial charge in [0.25, 0.3) is 0 Å². The molecular formula is C21H23N3O. The Bertz CT molecular complexity index is 889. The van der Waals surface area contributed by atoms with Gasteiger partial charge < -0.3 is 10.6 Å². The van der Waals surface area contributed by atoms with Crippen molar-refractivity contribution in [1.29, 1.82) is 0 Å². The summed E-state index contributed by atoms with van der Waals surface area (Å²) < 4.78 is 0. The predicted molar refractivity (Wildman–Crippen MR) is 104 cm³/mol. The minimum absolute atomic E-state index is 0.661. The van der Waals surface area contributed by atoms with Crippen molar-refractivity contribution >= 4 is 23.0 Å². The molecule has 3 aromatic rings. The number of hydrogen-bond acceptors (Lipinski definition) is 3. The predicted octanol–water partition coefficient (Wildman–Crippen LogP) is 4.07. The van der Waals surface area contributed by atoms with E-state index in [9.17, 15) is 4.79 Å². The van der Waals surface area contributed by atoms with Gasteiger partial charge in [0, 0.05) is 30.2 Å². The lowest BCUT2D eigenvalue weighted by molar-refractivity contribution is -0.109. The molecule has 3 rings (SSSR count). The van der Waals surface area contributed by atoms with Crippen LogP contribution in [0.2, 0.25) is 0 Å². The van der Waals surface area contributed by atoms with Gasteiger partial charge in [-0.1, -0.05) is 48.0 Å². The van der Waals surface area contributed by atoms with Gasteiger partial charge in [-0.2, -0.15) is 0 Å². The molecule has 1 amide bonds. The third-order valence-electron chi connectivity index (χ3n) is 4.33. The van der Waals surface area contributed by atoms with Crippen molar-refractivity contribution in [2.75, 3.05) is 18.4 Å². The maximum atomic E-state index is 10.3. The Balaban J connectivity index is 1.98. The first-order valence-electron chi connectivity index (χ1n) is 8.57. The van der Waals surface area contributed by atoms with Crippen LogP contribution in [0.1, 0.15) is 17.5 Å². The van der Waals surface area contributed by atoms with E-state index in [1.807, 2.05) is 6.20 Å². The Morgan fingerprint density at radius 2 is 1.92 bits per heavy atom. The molecule has 1 aromatic heterocycles. The standard InChI is InChI=1S/C21H23N3O/c1-15-6-3-8-17(12-15)19-13-24-21(23-11-5-10-22-14-25)20-16(2)7-4-9-18(19)20/h3-4,6-9,12-14H,5,10-11H2,1-2H3,(H,22,25)(H,23,24). The number of hydrogen-bond donors (Lipinski definition) is 2. The van der Waals surface area contributed by atoms with Crippen LogP contribution >= 0.6 is 0 Å². The molecule has 1 heterocycles. The molecule has 0 fully saturated rings. The van der Waals surface area contributed by atoms with E-state index in [2.05, 4.69) is 66.9 Å². The van der Waals surface area contributed by atoms with Gasteiger partial charge in [-0.25, -0.2) is 4.98 Å². The molecule has 0 radical (unpaired) electrons. The summed E-state index contributed by atoms with van der Waals surface area (Å²) in [5, 5.41) is 8.45. The van der Waals surface area contributed by atoms with Crippen molar-refractivity contribution in [2.24, 2.45) is 0 Å². The summed E-state index contributed by atoms with van der Waals surface area (Å²) in [6.45, 7) is 5.65. The number of fused-ring (bicyclic) bond motifs is 1. The van der Waals surface area contributed by atoms with E-state index in [1.165, 1.54) is 22.1 Å². The zero-order valence-electron chi connectivity index (χ0n) is 14.7. The lowest BCUT2D eigenvalue weighted by atomic mass is 9.97. The molecule has 4 heteroatoms. The highest BCUT2D eigenvalue weighted by atomic mass is 16.1. The fraction of sp³-hybridized carbons (Fsp3) is 0.238. The van der Waals surface area contributed by atoms with Crippen molar-refractivity contribution in [3.63, 3.8) is 0 Å². The summed E-state index contributed by atoms with van der Waals surface area (Å²) in [6, 6.07) is 14.9. The van der Waals surface area contributed by atoms with E-state index in [-0.39, 0.29) is 0 Å². The van der Waals surface area contributed by atoms with Crippen LogP contribution in [-0.4, -0.2) is 24.5 Å². The number of nitrogens with zero attached hydrogens (tertiary/aromatic N) is 1. The molecular weight excluding hydrogens is 310 g/mol. The second-order valence-electron chi connectivity index (χ2n) is 6.24. The van der Waals surface area contributed by atoms with E-state index >= 15 is 0 Å². The topological polar surface area (TPSA) is 54.0 Å². The molecule has 0 unspecified atom stereocenters. The largest absolute Gasteiger partial charge is 0.369 e. The lowest BCUT2D eigenvalue weighted by Crippen LogP contribution is -2.16. The van der Waals surface area contributed by atoms with Crippen LogP contribution in [0.15, 0.2) is 48.7 Å². The quantitative estimate of drug-likeness (QED) is 0.506. The summed E-state index contributed by atoms with van der Waals surface area (Å²) in [6.07, 6.45) is 3.53. The maximum absolute atomic E-state index is 10.3. The molecule has 0 atom stereocenters. The average molecular weight is 333 g/mol. The van der Waals surface area contributed by atoms with Gasteiger partial charge in [-0.3, -0.25) is 4.79 Å². The summed E-state index contributed by atoms with van der Waals surface area (Å²) in [5.41, 5.74) is 4.77. The van der Waals surface area contributed by atoms with Gasteiger partial charge in [-0.15, -0.1) is 0 Å². The smallest absolute Gasteiger partial charge is 0.207 e. The summed E-state index contributed by atoms with van der Waals surface area (Å²) in [4.78, 5) is 15.0. The fourth-order valence-electron chi connectivity index (χ4n) is 3.10. The highest BCUT2D eigenvalue weighted by Gasteiger charge is 2.11. The van der Waals surface area contributed by atoms with E-state index in [0.717, 1.165) is 36.1 Å². The molecule has 0 aliphatic rings. The Hall–Kier alpha value is -2.88. The molecule has 0 aliphatic heterocycles. The minimum atomic E-state index is 0.661. The highest BCUT2D eigenvalue weighted by molar-refractivity contribution is 6.03. The third-order valence-corrected chi connectivity index (χ3v) is 4.33.